The third-order valence-corrected chi connectivity index (χ3v) is 15.7. The van der Waals surface area contributed by atoms with Crippen molar-refractivity contribution in [3.8, 4) is 22.4 Å². The fraction of sp³-hybridized carbons (Fsp3) is 0.339. The molecule has 0 fully saturated rings. The molecular weight excluding hydrogens is 779 g/mol. The van der Waals surface area contributed by atoms with Gasteiger partial charge in [-0.3, -0.25) is 0 Å². The van der Waals surface area contributed by atoms with Crippen LogP contribution < -0.4 is 20.0 Å². The zero-order chi connectivity index (χ0) is 45.4. The molecule has 63 heavy (non-hydrogen) atoms. The lowest BCUT2D eigenvalue weighted by Crippen LogP contribution is -2.53. The van der Waals surface area contributed by atoms with Crippen LogP contribution >= 0.6 is 0 Å². The van der Waals surface area contributed by atoms with Crippen molar-refractivity contribution in [2.45, 2.75) is 118 Å². The summed E-state index contributed by atoms with van der Waals surface area (Å²) in [5.74, 6) is 0.917. The van der Waals surface area contributed by atoms with Crippen molar-refractivity contribution in [3.05, 3.63) is 174 Å². The molecule has 2 heterocycles. The van der Waals surface area contributed by atoms with E-state index in [1.54, 1.807) is 0 Å². The summed E-state index contributed by atoms with van der Waals surface area (Å²) in [6.45, 7) is 35.3. The lowest BCUT2D eigenvalue weighted by atomic mass is 9.76. The number of para-hydroxylation sites is 2. The SMILES string of the molecule is C=C(/C=C(\C)C(C)(C)C)CCC1c2ccc3ccccc3c2-c2ccc([Si](C)(C)C)c[n+]2C1CC(=C)N(C)c1ccccc1Nc1c(C(C)C)cc(-c2ccccc2)cc1C(C)C. The van der Waals surface area contributed by atoms with Crippen LogP contribution in [-0.4, -0.2) is 15.1 Å². The van der Waals surface area contributed by atoms with Gasteiger partial charge in [0.25, 0.3) is 0 Å². The number of anilines is 3. The summed E-state index contributed by atoms with van der Waals surface area (Å²) in [5, 5.41) is 8.11. The van der Waals surface area contributed by atoms with Crippen LogP contribution in [0.5, 0.6) is 0 Å². The van der Waals surface area contributed by atoms with E-state index in [1.165, 1.54) is 71.9 Å². The number of aromatic nitrogens is 1. The summed E-state index contributed by atoms with van der Waals surface area (Å²) in [6, 6.07) is 43.0. The third-order valence-electron chi connectivity index (χ3n) is 13.7. The minimum atomic E-state index is -1.65. The van der Waals surface area contributed by atoms with E-state index in [4.69, 9.17) is 6.58 Å². The van der Waals surface area contributed by atoms with Gasteiger partial charge in [0.1, 0.15) is 0 Å². The average molecular weight is 851 g/mol. The van der Waals surface area contributed by atoms with Gasteiger partial charge in [-0.25, -0.2) is 0 Å². The van der Waals surface area contributed by atoms with Crippen LogP contribution in [0, 0.1) is 5.41 Å². The predicted octanol–water partition coefficient (Wildman–Crippen LogP) is 16.0. The fourth-order valence-corrected chi connectivity index (χ4v) is 10.5. The highest BCUT2D eigenvalue weighted by atomic mass is 28.3. The van der Waals surface area contributed by atoms with Crippen LogP contribution in [0.25, 0.3) is 33.2 Å². The second-order valence-electron chi connectivity index (χ2n) is 20.8. The molecule has 1 aliphatic rings. The van der Waals surface area contributed by atoms with E-state index in [2.05, 4.69) is 231 Å². The molecule has 5 aromatic carbocycles. The number of pyridine rings is 1. The van der Waals surface area contributed by atoms with E-state index < -0.39 is 8.07 Å². The molecule has 0 amide bonds. The van der Waals surface area contributed by atoms with Crippen LogP contribution in [0.3, 0.4) is 0 Å². The highest BCUT2D eigenvalue weighted by molar-refractivity contribution is 6.88. The Morgan fingerprint density at radius 3 is 2.08 bits per heavy atom. The first kappa shape index (κ1) is 45.6. The minimum absolute atomic E-state index is 0.107. The maximum atomic E-state index is 4.92. The number of benzene rings is 5. The Balaban J connectivity index is 1.30. The molecular formula is C59H72N3Si+. The monoisotopic (exact) mass is 851 g/mol. The van der Waals surface area contributed by atoms with E-state index in [0.717, 1.165) is 36.3 Å². The second-order valence-corrected chi connectivity index (χ2v) is 25.9. The zero-order valence-corrected chi connectivity index (χ0v) is 41.4. The minimum Gasteiger partial charge on any atom is -0.353 e. The molecule has 326 valence electrons. The van der Waals surface area contributed by atoms with Gasteiger partial charge in [-0.05, 0) is 99.9 Å². The molecule has 2 atom stereocenters. The fourth-order valence-electron chi connectivity index (χ4n) is 9.35. The highest BCUT2D eigenvalue weighted by Gasteiger charge is 2.42. The molecule has 4 heteroatoms. The maximum Gasteiger partial charge on any atom is 0.213 e. The van der Waals surface area contributed by atoms with Gasteiger partial charge in [0, 0.05) is 35.6 Å². The van der Waals surface area contributed by atoms with Crippen LogP contribution in [0.4, 0.5) is 17.1 Å². The van der Waals surface area contributed by atoms with Gasteiger partial charge >= 0.3 is 0 Å². The van der Waals surface area contributed by atoms with Crippen LogP contribution in [0.15, 0.2) is 158 Å². The van der Waals surface area contributed by atoms with Crippen molar-refractivity contribution >= 4 is 41.1 Å². The molecule has 7 rings (SSSR count). The van der Waals surface area contributed by atoms with Crippen LogP contribution in [-0.2, 0) is 0 Å². The molecule has 1 aliphatic heterocycles. The number of nitrogens with zero attached hydrogens (tertiary/aromatic N) is 2. The Kier molecular flexibility index (Phi) is 13.3. The first-order valence-electron chi connectivity index (χ1n) is 23.3. The topological polar surface area (TPSA) is 19.1 Å². The smallest absolute Gasteiger partial charge is 0.213 e. The normalized spacial score (nSPS) is 15.4. The summed E-state index contributed by atoms with van der Waals surface area (Å²) < 4.78 is 2.66. The Morgan fingerprint density at radius 2 is 1.43 bits per heavy atom. The number of allylic oxidation sites excluding steroid dienone is 4. The van der Waals surface area contributed by atoms with E-state index in [1.807, 2.05) is 0 Å². The lowest BCUT2D eigenvalue weighted by Gasteiger charge is -2.34. The molecule has 1 aromatic heterocycles. The van der Waals surface area contributed by atoms with Gasteiger partial charge in [0.2, 0.25) is 5.69 Å². The number of hydrogen-bond donors (Lipinski definition) is 1. The molecule has 0 radical (unpaired) electrons. The lowest BCUT2D eigenvalue weighted by molar-refractivity contribution is -0.717. The third kappa shape index (κ3) is 9.72. The average Bonchev–Trinajstić information content (AvgIpc) is 3.25. The Bertz CT molecular complexity index is 2640. The number of hydrogen-bond acceptors (Lipinski definition) is 2. The Hall–Kier alpha value is -5.45. The first-order valence-corrected chi connectivity index (χ1v) is 26.8. The number of fused-ring (bicyclic) bond motifs is 5. The Morgan fingerprint density at radius 1 is 0.794 bits per heavy atom. The molecule has 6 aromatic rings. The van der Waals surface area contributed by atoms with E-state index >= 15 is 0 Å². The van der Waals surface area contributed by atoms with Crippen molar-refractivity contribution in [2.75, 3.05) is 17.3 Å². The standard InChI is InChI=1S/C59H72N3Si/c1-39(2)51-36-46(44-22-16-15-17-23-44)37-52(40(3)4)58(51)60-53-26-20-21-27-54(53)61(11)43(7)35-56-49(31-28-41(5)34-42(6)59(8,9)10)50-32-29-45-24-18-19-25-48(45)57(50)55-33-30-47(38-62(55)56)63(12,13)14/h15-27,29-30,32-34,36-40,49,56,60H,5,7,28,31,35H2,1-4,6,8-14H3/q+1/b42-34+. The maximum absolute atomic E-state index is 4.92. The largest absolute Gasteiger partial charge is 0.353 e. The molecule has 0 bridgehead atoms. The summed E-state index contributed by atoms with van der Waals surface area (Å²) in [7, 11) is 0.554. The molecule has 2 unspecified atom stereocenters. The summed E-state index contributed by atoms with van der Waals surface area (Å²) >= 11 is 0. The number of nitrogens with one attached hydrogen (secondary N) is 1. The van der Waals surface area contributed by atoms with Crippen molar-refractivity contribution < 1.29 is 4.57 Å². The van der Waals surface area contributed by atoms with Gasteiger partial charge in [0.05, 0.1) is 31.4 Å². The van der Waals surface area contributed by atoms with Gasteiger partial charge in [0.15, 0.2) is 12.2 Å². The summed E-state index contributed by atoms with van der Waals surface area (Å²) in [5.41, 5.74) is 16.5. The van der Waals surface area contributed by atoms with Crippen LogP contribution in [0.1, 0.15) is 115 Å². The summed E-state index contributed by atoms with van der Waals surface area (Å²) in [6.07, 6.45) is 7.59. The molecule has 0 saturated heterocycles. The van der Waals surface area contributed by atoms with Gasteiger partial charge in [-0.2, -0.15) is 4.57 Å². The summed E-state index contributed by atoms with van der Waals surface area (Å²) in [4.78, 5) is 2.34. The zero-order valence-electron chi connectivity index (χ0n) is 40.4. The molecule has 0 saturated carbocycles. The van der Waals surface area contributed by atoms with Gasteiger partial charge in [-0.1, -0.05) is 183 Å². The molecule has 3 nitrogen and oxygen atoms in total. The van der Waals surface area contributed by atoms with E-state index in [-0.39, 0.29) is 17.4 Å². The highest BCUT2D eigenvalue weighted by Crippen LogP contribution is 2.47. The van der Waals surface area contributed by atoms with Crippen molar-refractivity contribution in [1.29, 1.82) is 0 Å². The van der Waals surface area contributed by atoms with Gasteiger partial charge < -0.3 is 10.2 Å². The first-order chi connectivity index (χ1) is 29.8. The molecule has 1 N–H and O–H groups in total. The van der Waals surface area contributed by atoms with Gasteiger partial charge in [-0.15, -0.1) is 0 Å². The van der Waals surface area contributed by atoms with E-state index in [0.29, 0.717) is 11.8 Å². The van der Waals surface area contributed by atoms with Crippen molar-refractivity contribution in [1.82, 2.24) is 0 Å². The van der Waals surface area contributed by atoms with Crippen molar-refractivity contribution in [2.24, 2.45) is 5.41 Å². The Labute approximate surface area is 381 Å². The second kappa shape index (κ2) is 18.3. The predicted molar refractivity (Wildman–Crippen MR) is 278 cm³/mol. The van der Waals surface area contributed by atoms with Crippen molar-refractivity contribution in [3.63, 3.8) is 0 Å². The van der Waals surface area contributed by atoms with E-state index in [9.17, 15) is 0 Å². The van der Waals surface area contributed by atoms with Crippen LogP contribution in [0.2, 0.25) is 19.6 Å². The quantitative estimate of drug-likeness (QED) is 0.0669. The number of rotatable bonds is 14. The molecule has 0 spiro atoms. The molecule has 0 aliphatic carbocycles.